The van der Waals surface area contributed by atoms with Crippen molar-refractivity contribution >= 4 is 17.3 Å². The van der Waals surface area contributed by atoms with Crippen LogP contribution in [0.2, 0.25) is 5.02 Å². The van der Waals surface area contributed by atoms with Gasteiger partial charge in [-0.25, -0.2) is 0 Å². The highest BCUT2D eigenvalue weighted by atomic mass is 35.5. The Morgan fingerprint density at radius 1 is 1.05 bits per heavy atom. The molecule has 21 heavy (non-hydrogen) atoms. The molecule has 0 aliphatic carbocycles. The Bertz CT molecular complexity index is 564. The van der Waals surface area contributed by atoms with Crippen LogP contribution in [0.5, 0.6) is 0 Å². The van der Waals surface area contributed by atoms with Crippen LogP contribution in [0.25, 0.3) is 0 Å². The molecule has 3 heteroatoms. The fourth-order valence-electron chi connectivity index (χ4n) is 2.44. The smallest absolute Gasteiger partial charge is 0.0438 e. The predicted molar refractivity (Wildman–Crippen MR) is 92.3 cm³/mol. The van der Waals surface area contributed by atoms with E-state index in [4.69, 9.17) is 11.6 Å². The molecule has 0 amide bonds. The first-order chi connectivity index (χ1) is 10.1. The molecule has 0 heterocycles. The van der Waals surface area contributed by atoms with Gasteiger partial charge in [0.25, 0.3) is 0 Å². The van der Waals surface area contributed by atoms with Crippen molar-refractivity contribution in [3.8, 4) is 0 Å². The minimum atomic E-state index is 0.283. The van der Waals surface area contributed by atoms with Crippen molar-refractivity contribution in [1.82, 2.24) is 5.32 Å². The third-order valence-corrected chi connectivity index (χ3v) is 4.01. The number of hydrogen-bond acceptors (Lipinski definition) is 2. The van der Waals surface area contributed by atoms with Crippen LogP contribution in [-0.4, -0.2) is 20.6 Å². The van der Waals surface area contributed by atoms with Crippen LogP contribution in [0.15, 0.2) is 48.5 Å². The molecule has 0 spiro atoms. The average Bonchev–Trinajstić information content (AvgIpc) is 2.49. The van der Waals surface area contributed by atoms with Crippen molar-refractivity contribution in [1.29, 1.82) is 0 Å². The molecule has 1 N–H and O–H groups in total. The summed E-state index contributed by atoms with van der Waals surface area (Å²) < 4.78 is 0. The van der Waals surface area contributed by atoms with E-state index in [0.29, 0.717) is 0 Å². The summed E-state index contributed by atoms with van der Waals surface area (Å²) in [5.41, 5.74) is 3.69. The van der Waals surface area contributed by atoms with E-state index in [2.05, 4.69) is 61.6 Å². The summed E-state index contributed by atoms with van der Waals surface area (Å²) in [7, 11) is 4.11. The molecule has 0 saturated heterocycles. The number of rotatable bonds is 6. The molecular weight excluding hydrogens is 280 g/mol. The number of nitrogens with zero attached hydrogens (tertiary/aromatic N) is 1. The lowest BCUT2D eigenvalue weighted by Crippen LogP contribution is -2.23. The van der Waals surface area contributed by atoms with Gasteiger partial charge in [-0.15, -0.1) is 0 Å². The lowest BCUT2D eigenvalue weighted by Gasteiger charge is -2.20. The Morgan fingerprint density at radius 3 is 2.29 bits per heavy atom. The molecule has 0 saturated carbocycles. The number of hydrogen-bond donors (Lipinski definition) is 1. The fourth-order valence-corrected chi connectivity index (χ4v) is 2.66. The molecule has 2 rings (SSSR count). The van der Waals surface area contributed by atoms with Crippen molar-refractivity contribution in [2.45, 2.75) is 19.4 Å². The monoisotopic (exact) mass is 302 g/mol. The Balaban J connectivity index is 2.20. The Kier molecular flexibility index (Phi) is 5.66. The quantitative estimate of drug-likeness (QED) is 0.856. The van der Waals surface area contributed by atoms with Crippen LogP contribution < -0.4 is 10.2 Å². The van der Waals surface area contributed by atoms with Gasteiger partial charge in [-0.05, 0) is 42.3 Å². The maximum absolute atomic E-state index is 6.29. The summed E-state index contributed by atoms with van der Waals surface area (Å²) in [4.78, 5) is 2.11. The first-order valence-corrected chi connectivity index (χ1v) is 7.73. The zero-order valence-electron chi connectivity index (χ0n) is 12.9. The molecule has 0 aliphatic rings. The molecule has 2 aromatic carbocycles. The van der Waals surface area contributed by atoms with E-state index in [0.717, 1.165) is 18.0 Å². The van der Waals surface area contributed by atoms with Crippen molar-refractivity contribution in [2.75, 3.05) is 25.5 Å². The lowest BCUT2D eigenvalue weighted by atomic mass is 9.98. The molecule has 1 atom stereocenters. The molecule has 0 bridgehead atoms. The third kappa shape index (κ3) is 4.23. The van der Waals surface area contributed by atoms with E-state index in [-0.39, 0.29) is 6.04 Å². The second-order valence-corrected chi connectivity index (χ2v) is 5.80. The topological polar surface area (TPSA) is 15.3 Å². The van der Waals surface area contributed by atoms with Gasteiger partial charge in [-0.3, -0.25) is 0 Å². The molecule has 0 radical (unpaired) electrons. The van der Waals surface area contributed by atoms with Gasteiger partial charge in [0.1, 0.15) is 0 Å². The minimum absolute atomic E-state index is 0.283. The summed E-state index contributed by atoms with van der Waals surface area (Å²) in [5, 5.41) is 4.39. The summed E-state index contributed by atoms with van der Waals surface area (Å²) in [6, 6.07) is 17.1. The molecule has 1 unspecified atom stereocenters. The first-order valence-electron chi connectivity index (χ1n) is 7.36. The molecular formula is C18H23ClN2. The number of anilines is 1. The zero-order chi connectivity index (χ0) is 15.2. The summed E-state index contributed by atoms with van der Waals surface area (Å²) in [5.74, 6) is 0. The molecule has 0 aromatic heterocycles. The van der Waals surface area contributed by atoms with E-state index in [1.807, 2.05) is 18.2 Å². The fraction of sp³-hybridized carbons (Fsp3) is 0.333. The molecule has 2 nitrogen and oxygen atoms in total. The average molecular weight is 303 g/mol. The number of nitrogens with one attached hydrogen (secondary N) is 1. The summed E-state index contributed by atoms with van der Waals surface area (Å²) in [6.07, 6.45) is 0.898. The van der Waals surface area contributed by atoms with Crippen molar-refractivity contribution in [3.63, 3.8) is 0 Å². The van der Waals surface area contributed by atoms with Gasteiger partial charge in [0.2, 0.25) is 0 Å². The first kappa shape index (κ1) is 15.9. The van der Waals surface area contributed by atoms with E-state index in [1.165, 1.54) is 16.8 Å². The van der Waals surface area contributed by atoms with Crippen LogP contribution in [0.1, 0.15) is 24.1 Å². The van der Waals surface area contributed by atoms with E-state index in [1.54, 1.807) is 0 Å². The van der Waals surface area contributed by atoms with Crippen LogP contribution in [0, 0.1) is 0 Å². The summed E-state index contributed by atoms with van der Waals surface area (Å²) in [6.45, 7) is 3.07. The Labute approximate surface area is 132 Å². The van der Waals surface area contributed by atoms with Crippen LogP contribution in [0.3, 0.4) is 0 Å². The van der Waals surface area contributed by atoms with Crippen LogP contribution in [-0.2, 0) is 6.42 Å². The number of halogens is 1. The molecule has 0 aliphatic heterocycles. The largest absolute Gasteiger partial charge is 0.378 e. The normalized spacial score (nSPS) is 12.2. The van der Waals surface area contributed by atoms with Gasteiger partial charge < -0.3 is 10.2 Å². The van der Waals surface area contributed by atoms with Crippen molar-refractivity contribution in [3.05, 3.63) is 64.7 Å². The minimum Gasteiger partial charge on any atom is -0.378 e. The lowest BCUT2D eigenvalue weighted by molar-refractivity contribution is 0.550. The van der Waals surface area contributed by atoms with Gasteiger partial charge >= 0.3 is 0 Å². The SMILES string of the molecule is CCNC(Cc1ccccc1Cl)c1ccc(N(C)C)cc1. The molecule has 2 aromatic rings. The van der Waals surface area contributed by atoms with Crippen LogP contribution >= 0.6 is 11.6 Å². The van der Waals surface area contributed by atoms with Crippen LogP contribution in [0.4, 0.5) is 5.69 Å². The van der Waals surface area contributed by atoms with Gasteiger partial charge in [0.15, 0.2) is 0 Å². The van der Waals surface area contributed by atoms with E-state index < -0.39 is 0 Å². The standard InChI is InChI=1S/C18H23ClN2/c1-4-20-18(13-15-7-5-6-8-17(15)19)14-9-11-16(12-10-14)21(2)3/h5-12,18,20H,4,13H2,1-3H3. The zero-order valence-corrected chi connectivity index (χ0v) is 13.7. The highest BCUT2D eigenvalue weighted by Gasteiger charge is 2.13. The maximum atomic E-state index is 6.29. The molecule has 0 fully saturated rings. The van der Waals surface area contributed by atoms with Gasteiger partial charge in [0, 0.05) is 30.8 Å². The number of likely N-dealkylation sites (N-methyl/N-ethyl adjacent to an activating group) is 1. The molecule has 112 valence electrons. The van der Waals surface area contributed by atoms with Gasteiger partial charge in [-0.2, -0.15) is 0 Å². The Morgan fingerprint density at radius 2 is 1.71 bits per heavy atom. The third-order valence-electron chi connectivity index (χ3n) is 3.64. The second kappa shape index (κ2) is 7.48. The summed E-state index contributed by atoms with van der Waals surface area (Å²) >= 11 is 6.29. The highest BCUT2D eigenvalue weighted by molar-refractivity contribution is 6.31. The van der Waals surface area contributed by atoms with Crippen molar-refractivity contribution in [2.24, 2.45) is 0 Å². The Hall–Kier alpha value is -1.51. The van der Waals surface area contributed by atoms with Gasteiger partial charge in [0.05, 0.1) is 0 Å². The highest BCUT2D eigenvalue weighted by Crippen LogP contribution is 2.25. The number of benzene rings is 2. The second-order valence-electron chi connectivity index (χ2n) is 5.39. The van der Waals surface area contributed by atoms with Gasteiger partial charge in [-0.1, -0.05) is 48.9 Å². The predicted octanol–water partition coefficient (Wildman–Crippen LogP) is 4.30. The van der Waals surface area contributed by atoms with E-state index >= 15 is 0 Å². The maximum Gasteiger partial charge on any atom is 0.0438 e. The van der Waals surface area contributed by atoms with E-state index in [9.17, 15) is 0 Å². The van der Waals surface area contributed by atoms with Crippen molar-refractivity contribution < 1.29 is 0 Å².